The minimum Gasteiger partial charge on any atom is -0.496 e. The summed E-state index contributed by atoms with van der Waals surface area (Å²) in [5, 5.41) is 0.203. The number of ether oxygens (including phenoxy) is 1. The van der Waals surface area contributed by atoms with Crippen LogP contribution in [0.25, 0.3) is 0 Å². The maximum atomic E-state index is 12.0. The number of Topliss-reactive ketones (excluding diaryl/α,β-unsaturated/α-hetero) is 1. The number of rotatable bonds is 4. The van der Waals surface area contributed by atoms with Gasteiger partial charge in [0.25, 0.3) is 0 Å². The van der Waals surface area contributed by atoms with E-state index in [-0.39, 0.29) is 23.2 Å². The highest BCUT2D eigenvalue weighted by Gasteiger charge is 2.16. The van der Waals surface area contributed by atoms with Crippen molar-refractivity contribution in [2.75, 3.05) is 7.11 Å². The average molecular weight is 280 g/mol. The van der Waals surface area contributed by atoms with E-state index in [1.807, 2.05) is 13.8 Å². The molecule has 100 valence electrons. The molecule has 0 N–H and O–H groups in total. The number of carbonyl (C=O) groups is 1. The van der Waals surface area contributed by atoms with Crippen LogP contribution in [0.15, 0.2) is 22.7 Å². The number of hydrogen-bond donors (Lipinski definition) is 0. The summed E-state index contributed by atoms with van der Waals surface area (Å²) in [6.07, 6.45) is 1.86. The lowest BCUT2D eigenvalue weighted by Crippen LogP contribution is -2.07. The van der Waals surface area contributed by atoms with E-state index in [0.29, 0.717) is 5.69 Å². The van der Waals surface area contributed by atoms with Crippen molar-refractivity contribution < 1.29 is 13.9 Å². The van der Waals surface area contributed by atoms with E-state index in [2.05, 4.69) is 4.98 Å². The van der Waals surface area contributed by atoms with Crippen molar-refractivity contribution in [3.63, 3.8) is 0 Å². The molecule has 0 radical (unpaired) electrons. The van der Waals surface area contributed by atoms with E-state index < -0.39 is 0 Å². The Morgan fingerprint density at radius 2 is 2.16 bits per heavy atom. The van der Waals surface area contributed by atoms with Crippen LogP contribution in [0.3, 0.4) is 0 Å². The molecule has 0 saturated carbocycles. The lowest BCUT2D eigenvalue weighted by Gasteiger charge is -2.11. The van der Waals surface area contributed by atoms with Gasteiger partial charge < -0.3 is 9.15 Å². The molecule has 0 unspecified atom stereocenters. The van der Waals surface area contributed by atoms with Gasteiger partial charge in [-0.2, -0.15) is 0 Å². The Balaban J connectivity index is 2.27. The topological polar surface area (TPSA) is 52.3 Å². The molecule has 0 atom stereocenters. The molecule has 0 bridgehead atoms. The molecule has 4 nitrogen and oxygen atoms in total. The molecule has 0 saturated heterocycles. The van der Waals surface area contributed by atoms with Crippen molar-refractivity contribution in [3.8, 4) is 5.75 Å². The lowest BCUT2D eigenvalue weighted by molar-refractivity contribution is 0.0965. The van der Waals surface area contributed by atoms with Gasteiger partial charge in [-0.15, -0.1) is 0 Å². The molecular formula is C14H14ClNO3. The minimum atomic E-state index is -0.159. The molecular weight excluding hydrogens is 266 g/mol. The fraction of sp³-hybridized carbons (Fsp3) is 0.286. The third-order valence-corrected chi connectivity index (χ3v) is 3.13. The highest BCUT2D eigenvalue weighted by molar-refractivity contribution is 6.29. The number of carbonyl (C=O) groups excluding carboxylic acids is 1. The number of pyridine rings is 1. The van der Waals surface area contributed by atoms with Gasteiger partial charge in [-0.05, 0) is 37.6 Å². The first-order valence-electron chi connectivity index (χ1n) is 5.80. The van der Waals surface area contributed by atoms with E-state index in [1.165, 1.54) is 0 Å². The summed E-state index contributed by atoms with van der Waals surface area (Å²) in [7, 11) is 1.60. The van der Waals surface area contributed by atoms with Crippen LogP contribution in [0.2, 0.25) is 5.22 Å². The Hall–Kier alpha value is -1.81. The molecule has 0 fully saturated rings. The normalized spacial score (nSPS) is 10.5. The highest BCUT2D eigenvalue weighted by atomic mass is 35.5. The molecule has 0 aliphatic carbocycles. The molecule has 0 aliphatic rings. The second-order valence-corrected chi connectivity index (χ2v) is 4.62. The van der Waals surface area contributed by atoms with Gasteiger partial charge in [0.2, 0.25) is 5.78 Å². The lowest BCUT2D eigenvalue weighted by atomic mass is 10.1. The maximum Gasteiger partial charge on any atom is 0.204 e. The summed E-state index contributed by atoms with van der Waals surface area (Å²) in [6.45, 7) is 3.80. The zero-order valence-electron chi connectivity index (χ0n) is 11.0. The third kappa shape index (κ3) is 2.79. The van der Waals surface area contributed by atoms with Crippen molar-refractivity contribution in [3.05, 3.63) is 46.1 Å². The van der Waals surface area contributed by atoms with E-state index in [9.17, 15) is 4.79 Å². The fourth-order valence-electron chi connectivity index (χ4n) is 1.95. The van der Waals surface area contributed by atoms with Crippen molar-refractivity contribution in [2.24, 2.45) is 0 Å². The minimum absolute atomic E-state index is 0.159. The van der Waals surface area contributed by atoms with Crippen LogP contribution in [0.4, 0.5) is 0 Å². The SMILES string of the molecule is COc1c(C)cnc(CC(=O)c2ccc(Cl)o2)c1C. The fourth-order valence-corrected chi connectivity index (χ4v) is 2.10. The summed E-state index contributed by atoms with van der Waals surface area (Å²) in [5.74, 6) is 0.842. The Kier molecular flexibility index (Phi) is 3.90. The van der Waals surface area contributed by atoms with Gasteiger partial charge in [0, 0.05) is 17.3 Å². The zero-order valence-corrected chi connectivity index (χ0v) is 11.7. The number of methoxy groups -OCH3 is 1. The predicted octanol–water partition coefficient (Wildman–Crippen LogP) is 3.38. The summed E-state index contributed by atoms with van der Waals surface area (Å²) in [5.41, 5.74) is 2.49. The van der Waals surface area contributed by atoms with Crippen LogP contribution < -0.4 is 4.74 Å². The first-order chi connectivity index (χ1) is 9.02. The first kappa shape index (κ1) is 13.6. The highest BCUT2D eigenvalue weighted by Crippen LogP contribution is 2.25. The van der Waals surface area contributed by atoms with Crippen LogP contribution in [-0.4, -0.2) is 17.9 Å². The molecule has 2 heterocycles. The zero-order chi connectivity index (χ0) is 14.0. The van der Waals surface area contributed by atoms with E-state index in [0.717, 1.165) is 16.9 Å². The van der Waals surface area contributed by atoms with Crippen LogP contribution in [-0.2, 0) is 6.42 Å². The first-order valence-corrected chi connectivity index (χ1v) is 6.18. The Morgan fingerprint density at radius 3 is 2.74 bits per heavy atom. The molecule has 5 heteroatoms. The summed E-state index contributed by atoms with van der Waals surface area (Å²) >= 11 is 5.65. The third-order valence-electron chi connectivity index (χ3n) is 2.93. The molecule has 0 amide bonds. The number of furan rings is 1. The average Bonchev–Trinajstić information content (AvgIpc) is 2.80. The molecule has 0 aliphatic heterocycles. The Morgan fingerprint density at radius 1 is 1.42 bits per heavy atom. The van der Waals surface area contributed by atoms with Gasteiger partial charge in [0.1, 0.15) is 5.75 Å². The summed E-state index contributed by atoms with van der Waals surface area (Å²) < 4.78 is 10.4. The van der Waals surface area contributed by atoms with Gasteiger partial charge in [-0.1, -0.05) is 0 Å². The molecule has 2 aromatic heterocycles. The smallest absolute Gasteiger partial charge is 0.204 e. The molecule has 0 spiro atoms. The molecule has 0 aromatic carbocycles. The summed E-state index contributed by atoms with van der Waals surface area (Å²) in [4.78, 5) is 16.3. The van der Waals surface area contributed by atoms with Gasteiger partial charge in [0.15, 0.2) is 11.0 Å². The standard InChI is InChI=1S/C14H14ClNO3/c1-8-7-16-10(9(2)14(8)18-3)6-11(17)12-4-5-13(15)19-12/h4-5,7H,6H2,1-3H3. The van der Waals surface area contributed by atoms with Crippen LogP contribution >= 0.6 is 11.6 Å². The molecule has 2 rings (SSSR count). The van der Waals surface area contributed by atoms with Crippen LogP contribution in [0.5, 0.6) is 5.75 Å². The Bertz CT molecular complexity index is 619. The number of ketones is 1. The molecule has 19 heavy (non-hydrogen) atoms. The second kappa shape index (κ2) is 5.45. The van der Waals surface area contributed by atoms with Crippen molar-refractivity contribution >= 4 is 17.4 Å². The van der Waals surface area contributed by atoms with Crippen molar-refractivity contribution in [1.82, 2.24) is 4.98 Å². The predicted molar refractivity (Wildman–Crippen MR) is 72.0 cm³/mol. The number of hydrogen-bond acceptors (Lipinski definition) is 4. The van der Waals surface area contributed by atoms with Gasteiger partial charge in [0.05, 0.1) is 19.2 Å². The summed E-state index contributed by atoms with van der Waals surface area (Å²) in [6, 6.07) is 3.11. The van der Waals surface area contributed by atoms with Crippen molar-refractivity contribution in [2.45, 2.75) is 20.3 Å². The number of aromatic nitrogens is 1. The van der Waals surface area contributed by atoms with E-state index in [4.69, 9.17) is 20.8 Å². The number of nitrogens with zero attached hydrogens (tertiary/aromatic N) is 1. The second-order valence-electron chi connectivity index (χ2n) is 4.25. The van der Waals surface area contributed by atoms with Gasteiger partial charge in [-0.3, -0.25) is 9.78 Å². The number of aryl methyl sites for hydroxylation is 1. The number of halogens is 1. The monoisotopic (exact) mass is 279 g/mol. The Labute approximate surface area is 116 Å². The quantitative estimate of drug-likeness (QED) is 0.805. The van der Waals surface area contributed by atoms with Gasteiger partial charge >= 0.3 is 0 Å². The van der Waals surface area contributed by atoms with Crippen LogP contribution in [0.1, 0.15) is 27.4 Å². The van der Waals surface area contributed by atoms with Crippen molar-refractivity contribution in [1.29, 1.82) is 0 Å². The molecule has 2 aromatic rings. The largest absolute Gasteiger partial charge is 0.496 e. The van der Waals surface area contributed by atoms with E-state index >= 15 is 0 Å². The van der Waals surface area contributed by atoms with Crippen LogP contribution in [0, 0.1) is 13.8 Å². The maximum absolute atomic E-state index is 12.0. The van der Waals surface area contributed by atoms with E-state index in [1.54, 1.807) is 25.4 Å². The van der Waals surface area contributed by atoms with Gasteiger partial charge in [-0.25, -0.2) is 0 Å².